The predicted molar refractivity (Wildman–Crippen MR) is 92.8 cm³/mol. The van der Waals surface area contributed by atoms with Gasteiger partial charge >= 0.3 is 0 Å². The number of hydrogen-bond donors (Lipinski definition) is 0. The van der Waals surface area contributed by atoms with Crippen LogP contribution in [0.5, 0.6) is 0 Å². The highest BCUT2D eigenvalue weighted by molar-refractivity contribution is 5.76. The van der Waals surface area contributed by atoms with Crippen molar-refractivity contribution in [3.8, 4) is 0 Å². The third kappa shape index (κ3) is 3.72. The number of likely N-dealkylation sites (N-methyl/N-ethyl adjacent to an activating group) is 1. The molecule has 1 spiro atoms. The SMILES string of the molecule is Cc1nnc(CN2CCN(C)C3(CCC(=O)N(CC4CC4)CC3)C2)o1. The van der Waals surface area contributed by atoms with Gasteiger partial charge in [-0.25, -0.2) is 0 Å². The molecule has 0 radical (unpaired) electrons. The van der Waals surface area contributed by atoms with Gasteiger partial charge in [-0.3, -0.25) is 14.6 Å². The van der Waals surface area contributed by atoms with Gasteiger partial charge in [0.2, 0.25) is 17.7 Å². The fourth-order valence-electron chi connectivity index (χ4n) is 4.31. The molecule has 2 saturated heterocycles. The zero-order valence-electron chi connectivity index (χ0n) is 15.4. The molecule has 4 rings (SSSR count). The van der Waals surface area contributed by atoms with Gasteiger partial charge in [0.15, 0.2) is 0 Å². The van der Waals surface area contributed by atoms with Gasteiger partial charge in [-0.2, -0.15) is 0 Å². The number of likely N-dealkylation sites (tertiary alicyclic amines) is 1. The van der Waals surface area contributed by atoms with Gasteiger partial charge in [0.05, 0.1) is 6.54 Å². The monoisotopic (exact) mass is 347 g/mol. The van der Waals surface area contributed by atoms with E-state index in [1.807, 2.05) is 6.92 Å². The summed E-state index contributed by atoms with van der Waals surface area (Å²) in [6, 6.07) is 0. The molecule has 0 aromatic carbocycles. The number of aryl methyl sites for hydroxylation is 1. The second kappa shape index (κ2) is 6.68. The van der Waals surface area contributed by atoms with E-state index in [9.17, 15) is 4.79 Å². The first-order valence-corrected chi connectivity index (χ1v) is 9.54. The Morgan fingerprint density at radius 2 is 2.04 bits per heavy atom. The number of nitrogens with zero attached hydrogens (tertiary/aromatic N) is 5. The quantitative estimate of drug-likeness (QED) is 0.818. The molecule has 1 aliphatic carbocycles. The highest BCUT2D eigenvalue weighted by Gasteiger charge is 2.43. The Kier molecular flexibility index (Phi) is 4.54. The van der Waals surface area contributed by atoms with Gasteiger partial charge in [0.1, 0.15) is 0 Å². The number of rotatable bonds is 4. The maximum absolute atomic E-state index is 12.5. The first-order chi connectivity index (χ1) is 12.0. The number of carbonyl (C=O) groups excluding carboxylic acids is 1. The minimum Gasteiger partial charge on any atom is -0.424 e. The van der Waals surface area contributed by atoms with Crippen LogP contribution in [0.25, 0.3) is 0 Å². The second-order valence-corrected chi connectivity index (χ2v) is 8.10. The summed E-state index contributed by atoms with van der Waals surface area (Å²) < 4.78 is 5.56. The van der Waals surface area contributed by atoms with Crippen molar-refractivity contribution in [2.45, 2.75) is 51.1 Å². The number of hydrogen-bond acceptors (Lipinski definition) is 6. The molecule has 1 unspecified atom stereocenters. The molecule has 1 aromatic heterocycles. The van der Waals surface area contributed by atoms with E-state index in [1.165, 1.54) is 12.8 Å². The van der Waals surface area contributed by atoms with E-state index in [0.717, 1.165) is 51.5 Å². The largest absolute Gasteiger partial charge is 0.424 e. The molecular formula is C18H29N5O2. The van der Waals surface area contributed by atoms with Gasteiger partial charge in [-0.05, 0) is 38.6 Å². The van der Waals surface area contributed by atoms with Crippen molar-refractivity contribution in [1.82, 2.24) is 24.9 Å². The van der Waals surface area contributed by atoms with E-state index < -0.39 is 0 Å². The molecule has 3 heterocycles. The van der Waals surface area contributed by atoms with E-state index in [1.54, 1.807) is 0 Å². The van der Waals surface area contributed by atoms with Crippen LogP contribution in [0.2, 0.25) is 0 Å². The van der Waals surface area contributed by atoms with Crippen LogP contribution in [0.4, 0.5) is 0 Å². The molecule has 1 amide bonds. The normalized spacial score (nSPS) is 29.4. The number of amides is 1. The molecule has 2 aliphatic heterocycles. The molecule has 1 saturated carbocycles. The fourth-order valence-corrected chi connectivity index (χ4v) is 4.31. The summed E-state index contributed by atoms with van der Waals surface area (Å²) in [6.45, 7) is 7.39. The Bertz CT molecular complexity index is 629. The van der Waals surface area contributed by atoms with Crippen molar-refractivity contribution in [2.75, 3.05) is 39.8 Å². The van der Waals surface area contributed by atoms with Crippen LogP contribution in [-0.2, 0) is 11.3 Å². The minimum atomic E-state index is 0.0846. The summed E-state index contributed by atoms with van der Waals surface area (Å²) in [7, 11) is 2.22. The Balaban J connectivity index is 1.43. The summed E-state index contributed by atoms with van der Waals surface area (Å²) in [5, 5.41) is 8.07. The molecule has 7 heteroatoms. The lowest BCUT2D eigenvalue weighted by Crippen LogP contribution is -2.60. The van der Waals surface area contributed by atoms with Crippen LogP contribution < -0.4 is 0 Å². The maximum atomic E-state index is 12.5. The zero-order chi connectivity index (χ0) is 17.4. The molecule has 3 aliphatic rings. The summed E-state index contributed by atoms with van der Waals surface area (Å²) in [5.74, 6) is 2.42. The Hall–Kier alpha value is -1.47. The molecule has 7 nitrogen and oxygen atoms in total. The molecule has 1 atom stereocenters. The van der Waals surface area contributed by atoms with Gasteiger partial charge in [0.25, 0.3) is 0 Å². The van der Waals surface area contributed by atoms with E-state index in [2.05, 4.69) is 31.9 Å². The van der Waals surface area contributed by atoms with Gasteiger partial charge in [0, 0.05) is 51.6 Å². The lowest BCUT2D eigenvalue weighted by molar-refractivity contribution is -0.131. The van der Waals surface area contributed by atoms with Crippen molar-refractivity contribution in [1.29, 1.82) is 0 Å². The van der Waals surface area contributed by atoms with Crippen LogP contribution in [0.1, 0.15) is 43.9 Å². The van der Waals surface area contributed by atoms with Crippen LogP contribution in [0.15, 0.2) is 4.42 Å². The number of carbonyl (C=O) groups is 1. The second-order valence-electron chi connectivity index (χ2n) is 8.10. The average Bonchev–Trinajstić information content (AvgIpc) is 3.34. The molecule has 0 bridgehead atoms. The van der Waals surface area contributed by atoms with Crippen molar-refractivity contribution in [3.05, 3.63) is 11.8 Å². The number of aromatic nitrogens is 2. The lowest BCUT2D eigenvalue weighted by Gasteiger charge is -2.49. The summed E-state index contributed by atoms with van der Waals surface area (Å²) >= 11 is 0. The smallest absolute Gasteiger partial charge is 0.230 e. The lowest BCUT2D eigenvalue weighted by atomic mass is 9.86. The topological polar surface area (TPSA) is 65.7 Å². The minimum absolute atomic E-state index is 0.0846. The average molecular weight is 347 g/mol. The Morgan fingerprint density at radius 3 is 2.76 bits per heavy atom. The predicted octanol–water partition coefficient (Wildman–Crippen LogP) is 1.29. The van der Waals surface area contributed by atoms with Crippen molar-refractivity contribution in [3.63, 3.8) is 0 Å². The van der Waals surface area contributed by atoms with E-state index in [-0.39, 0.29) is 5.54 Å². The number of piperazine rings is 1. The highest BCUT2D eigenvalue weighted by Crippen LogP contribution is 2.35. The van der Waals surface area contributed by atoms with Crippen molar-refractivity contribution in [2.24, 2.45) is 5.92 Å². The molecule has 1 aromatic rings. The first-order valence-electron chi connectivity index (χ1n) is 9.54. The Morgan fingerprint density at radius 1 is 1.20 bits per heavy atom. The van der Waals surface area contributed by atoms with Crippen LogP contribution in [0.3, 0.4) is 0 Å². The molecule has 0 N–H and O–H groups in total. The van der Waals surface area contributed by atoms with Crippen LogP contribution in [-0.4, -0.2) is 76.1 Å². The molecule has 25 heavy (non-hydrogen) atoms. The molecule has 138 valence electrons. The van der Waals surface area contributed by atoms with Gasteiger partial charge < -0.3 is 9.32 Å². The zero-order valence-corrected chi connectivity index (χ0v) is 15.4. The molecular weight excluding hydrogens is 318 g/mol. The van der Waals surface area contributed by atoms with Crippen molar-refractivity contribution < 1.29 is 9.21 Å². The molecule has 3 fully saturated rings. The fraction of sp³-hybridized carbons (Fsp3) is 0.833. The summed E-state index contributed by atoms with van der Waals surface area (Å²) in [6.07, 6.45) is 5.27. The third-order valence-electron chi connectivity index (χ3n) is 6.19. The van der Waals surface area contributed by atoms with E-state index in [4.69, 9.17) is 4.42 Å². The summed E-state index contributed by atoms with van der Waals surface area (Å²) in [5.41, 5.74) is 0.0846. The van der Waals surface area contributed by atoms with Gasteiger partial charge in [-0.1, -0.05) is 0 Å². The standard InChI is InChI=1S/C18H29N5O2/c1-14-19-20-16(25-14)12-22-10-9-21(2)18(13-22)6-5-17(24)23(8-7-18)11-15-3-4-15/h15H,3-13H2,1-2H3. The van der Waals surface area contributed by atoms with Gasteiger partial charge in [-0.15, -0.1) is 10.2 Å². The first kappa shape index (κ1) is 17.0. The maximum Gasteiger partial charge on any atom is 0.230 e. The van der Waals surface area contributed by atoms with E-state index in [0.29, 0.717) is 30.7 Å². The highest BCUT2D eigenvalue weighted by atomic mass is 16.4. The summed E-state index contributed by atoms with van der Waals surface area (Å²) in [4.78, 5) is 19.6. The Labute approximate surface area is 149 Å². The third-order valence-corrected chi connectivity index (χ3v) is 6.19. The van der Waals surface area contributed by atoms with Crippen LogP contribution >= 0.6 is 0 Å². The van der Waals surface area contributed by atoms with Crippen molar-refractivity contribution >= 4 is 5.91 Å². The van der Waals surface area contributed by atoms with Crippen LogP contribution in [0, 0.1) is 12.8 Å². The van der Waals surface area contributed by atoms with E-state index >= 15 is 0 Å².